The van der Waals surface area contributed by atoms with Crippen molar-refractivity contribution in [3.63, 3.8) is 0 Å². The van der Waals surface area contributed by atoms with Gasteiger partial charge in [0.25, 0.3) is 11.8 Å². The Morgan fingerprint density at radius 1 is 1.00 bits per heavy atom. The van der Waals surface area contributed by atoms with Crippen LogP contribution in [-0.4, -0.2) is 30.4 Å². The number of halogens is 1. The van der Waals surface area contributed by atoms with Crippen LogP contribution in [0.1, 0.15) is 26.3 Å². The van der Waals surface area contributed by atoms with Gasteiger partial charge >= 0.3 is 0 Å². The minimum atomic E-state index is -0.265. The molecule has 0 spiro atoms. The highest BCUT2D eigenvalue weighted by Gasteiger charge is 2.16. The summed E-state index contributed by atoms with van der Waals surface area (Å²) >= 11 is 5.87. The molecule has 0 unspecified atom stereocenters. The molecule has 0 aliphatic heterocycles. The minimum absolute atomic E-state index is 0.227. The molecular weight excluding hydrogens is 374 g/mol. The predicted molar refractivity (Wildman–Crippen MR) is 111 cm³/mol. The van der Waals surface area contributed by atoms with Crippen molar-refractivity contribution in [2.24, 2.45) is 0 Å². The highest BCUT2D eigenvalue weighted by Crippen LogP contribution is 2.15. The van der Waals surface area contributed by atoms with Gasteiger partial charge in [-0.3, -0.25) is 14.6 Å². The first-order valence-corrected chi connectivity index (χ1v) is 9.23. The average molecular weight is 394 g/mol. The molecule has 3 aromatic rings. The zero-order valence-corrected chi connectivity index (χ0v) is 16.2. The minimum Gasteiger partial charge on any atom is -0.352 e. The van der Waals surface area contributed by atoms with Gasteiger partial charge in [-0.05, 0) is 42.3 Å². The Kier molecular flexibility index (Phi) is 6.40. The maximum absolute atomic E-state index is 12.7. The largest absolute Gasteiger partial charge is 0.352 e. The number of nitrogens with one attached hydrogen (secondary N) is 1. The molecule has 28 heavy (non-hydrogen) atoms. The number of aromatic nitrogens is 1. The van der Waals surface area contributed by atoms with E-state index >= 15 is 0 Å². The number of carbonyl (C=O) groups is 2. The number of benzene rings is 2. The second-order valence-electron chi connectivity index (χ2n) is 6.29. The van der Waals surface area contributed by atoms with Crippen molar-refractivity contribution in [1.82, 2.24) is 10.3 Å². The van der Waals surface area contributed by atoms with Gasteiger partial charge in [0, 0.05) is 36.7 Å². The first-order chi connectivity index (χ1) is 13.5. The van der Waals surface area contributed by atoms with E-state index in [-0.39, 0.29) is 11.8 Å². The van der Waals surface area contributed by atoms with Crippen molar-refractivity contribution in [2.75, 3.05) is 18.5 Å². The topological polar surface area (TPSA) is 62.3 Å². The molecule has 1 N–H and O–H groups in total. The zero-order chi connectivity index (χ0) is 19.9. The summed E-state index contributed by atoms with van der Waals surface area (Å²) in [7, 11) is 1.69. The Labute approximate surface area is 169 Å². The van der Waals surface area contributed by atoms with Crippen LogP contribution >= 0.6 is 11.6 Å². The van der Waals surface area contributed by atoms with Crippen LogP contribution in [0.4, 0.5) is 5.69 Å². The fourth-order valence-corrected chi connectivity index (χ4v) is 2.84. The molecule has 2 amide bonds. The molecule has 142 valence electrons. The Balaban J connectivity index is 1.62. The number of pyridine rings is 1. The normalized spacial score (nSPS) is 10.4. The third-order valence-electron chi connectivity index (χ3n) is 4.31. The number of hydrogen-bond acceptors (Lipinski definition) is 3. The summed E-state index contributed by atoms with van der Waals surface area (Å²) in [6.45, 7) is 0.475. The van der Waals surface area contributed by atoms with Gasteiger partial charge in [0.2, 0.25) is 0 Å². The van der Waals surface area contributed by atoms with Crippen molar-refractivity contribution < 1.29 is 9.59 Å². The van der Waals surface area contributed by atoms with Crippen LogP contribution in [0.3, 0.4) is 0 Å². The van der Waals surface area contributed by atoms with E-state index in [4.69, 9.17) is 11.6 Å². The van der Waals surface area contributed by atoms with Crippen molar-refractivity contribution in [1.29, 1.82) is 0 Å². The van der Waals surface area contributed by atoms with Gasteiger partial charge in [-0.2, -0.15) is 0 Å². The second-order valence-corrected chi connectivity index (χ2v) is 6.73. The standard InChI is InChI=1S/C22H20ClN3O2/c1-26(20-5-3-2-4-6-20)22(28)18-13-17(14-24-15-18)21(27)25-12-11-16-7-9-19(23)10-8-16/h2-10,13-15H,11-12H2,1H3,(H,25,27). The average Bonchev–Trinajstić information content (AvgIpc) is 2.74. The van der Waals surface area contributed by atoms with Crippen LogP contribution < -0.4 is 10.2 Å². The van der Waals surface area contributed by atoms with Crippen molar-refractivity contribution >= 4 is 29.1 Å². The van der Waals surface area contributed by atoms with Gasteiger partial charge in [-0.25, -0.2) is 0 Å². The van der Waals surface area contributed by atoms with E-state index in [0.29, 0.717) is 29.1 Å². The van der Waals surface area contributed by atoms with E-state index in [0.717, 1.165) is 11.3 Å². The molecule has 0 radical (unpaired) electrons. The summed E-state index contributed by atoms with van der Waals surface area (Å²) in [6.07, 6.45) is 3.61. The summed E-state index contributed by atoms with van der Waals surface area (Å²) in [6, 6.07) is 18.4. The van der Waals surface area contributed by atoms with Gasteiger partial charge in [0.15, 0.2) is 0 Å². The first-order valence-electron chi connectivity index (χ1n) is 8.85. The predicted octanol–water partition coefficient (Wildman–Crippen LogP) is 3.98. The monoisotopic (exact) mass is 393 g/mol. The smallest absolute Gasteiger partial charge is 0.259 e. The molecule has 0 saturated carbocycles. The van der Waals surface area contributed by atoms with E-state index in [1.165, 1.54) is 17.3 Å². The van der Waals surface area contributed by atoms with E-state index < -0.39 is 0 Å². The zero-order valence-electron chi connectivity index (χ0n) is 15.4. The maximum atomic E-state index is 12.7. The van der Waals surface area contributed by atoms with E-state index in [1.807, 2.05) is 54.6 Å². The van der Waals surface area contributed by atoms with Crippen LogP contribution in [0.5, 0.6) is 0 Å². The third kappa shape index (κ3) is 4.96. The Hall–Kier alpha value is -3.18. The van der Waals surface area contributed by atoms with E-state index in [2.05, 4.69) is 10.3 Å². The summed E-state index contributed by atoms with van der Waals surface area (Å²) < 4.78 is 0. The molecule has 1 heterocycles. The van der Waals surface area contributed by atoms with Crippen LogP contribution in [0.25, 0.3) is 0 Å². The molecule has 1 aromatic heterocycles. The third-order valence-corrected chi connectivity index (χ3v) is 4.56. The number of rotatable bonds is 6. The lowest BCUT2D eigenvalue weighted by atomic mass is 10.1. The molecule has 0 bridgehead atoms. The quantitative estimate of drug-likeness (QED) is 0.688. The summed E-state index contributed by atoms with van der Waals surface area (Å²) in [5, 5.41) is 3.53. The number of hydrogen-bond donors (Lipinski definition) is 1. The Morgan fingerprint density at radius 3 is 2.39 bits per heavy atom. The summed E-state index contributed by atoms with van der Waals surface area (Å²) in [5.74, 6) is -0.493. The molecule has 0 aliphatic carbocycles. The maximum Gasteiger partial charge on any atom is 0.259 e. The molecule has 0 fully saturated rings. The molecule has 3 rings (SSSR count). The lowest BCUT2D eigenvalue weighted by Gasteiger charge is -2.17. The van der Waals surface area contributed by atoms with Crippen LogP contribution in [-0.2, 0) is 6.42 Å². The summed E-state index contributed by atoms with van der Waals surface area (Å²) in [4.78, 5) is 30.7. The molecule has 2 aromatic carbocycles. The highest BCUT2D eigenvalue weighted by molar-refractivity contribution is 6.30. The van der Waals surface area contributed by atoms with Crippen molar-refractivity contribution in [2.45, 2.75) is 6.42 Å². The number of carbonyl (C=O) groups excluding carboxylic acids is 2. The molecule has 0 aliphatic rings. The van der Waals surface area contributed by atoms with E-state index in [9.17, 15) is 9.59 Å². The van der Waals surface area contributed by atoms with Crippen LogP contribution in [0, 0.1) is 0 Å². The second kappa shape index (κ2) is 9.15. The highest BCUT2D eigenvalue weighted by atomic mass is 35.5. The molecule has 0 saturated heterocycles. The molecular formula is C22H20ClN3O2. The molecule has 6 heteroatoms. The first kappa shape index (κ1) is 19.6. The van der Waals surface area contributed by atoms with Gasteiger partial charge in [0.05, 0.1) is 11.1 Å². The fourth-order valence-electron chi connectivity index (χ4n) is 2.72. The van der Waals surface area contributed by atoms with Crippen molar-refractivity contribution in [3.05, 3.63) is 94.8 Å². The molecule has 5 nitrogen and oxygen atoms in total. The van der Waals surface area contributed by atoms with Crippen LogP contribution in [0.15, 0.2) is 73.1 Å². The number of anilines is 1. The van der Waals surface area contributed by atoms with Crippen LogP contribution in [0.2, 0.25) is 5.02 Å². The molecule has 0 atom stereocenters. The summed E-state index contributed by atoms with van der Waals surface area (Å²) in [5.41, 5.74) is 2.56. The van der Waals surface area contributed by atoms with Gasteiger partial charge in [-0.1, -0.05) is 41.9 Å². The van der Waals surface area contributed by atoms with Gasteiger partial charge < -0.3 is 10.2 Å². The number of amides is 2. The fraction of sp³-hybridized carbons (Fsp3) is 0.136. The van der Waals surface area contributed by atoms with Gasteiger partial charge in [-0.15, -0.1) is 0 Å². The van der Waals surface area contributed by atoms with Crippen molar-refractivity contribution in [3.8, 4) is 0 Å². The SMILES string of the molecule is CN(C(=O)c1cncc(C(=O)NCCc2ccc(Cl)cc2)c1)c1ccccc1. The van der Waals surface area contributed by atoms with Gasteiger partial charge in [0.1, 0.15) is 0 Å². The lowest BCUT2D eigenvalue weighted by Crippen LogP contribution is -2.28. The number of nitrogens with zero attached hydrogens (tertiary/aromatic N) is 2. The number of para-hydroxylation sites is 1. The lowest BCUT2D eigenvalue weighted by molar-refractivity contribution is 0.0953. The Bertz CT molecular complexity index is 959. The Morgan fingerprint density at radius 2 is 1.68 bits per heavy atom. The van der Waals surface area contributed by atoms with E-state index in [1.54, 1.807) is 13.1 Å².